The van der Waals surface area contributed by atoms with Crippen molar-refractivity contribution in [2.45, 2.75) is 7.25 Å². The summed E-state index contributed by atoms with van der Waals surface area (Å²) in [4.78, 5) is 0. The van der Waals surface area contributed by atoms with Gasteiger partial charge in [0.25, 0.3) is 0 Å². The van der Waals surface area contributed by atoms with Gasteiger partial charge in [0.2, 0.25) is 0 Å². The third-order valence-electron chi connectivity index (χ3n) is 6.68. The Kier molecular flexibility index (Phi) is 8.00. The van der Waals surface area contributed by atoms with E-state index in [1.807, 2.05) is 0 Å². The van der Waals surface area contributed by atoms with Crippen LogP contribution in [-0.2, 0) is 21.3 Å². The maximum atomic E-state index is 2.51. The molecule has 0 bridgehead atoms. The van der Waals surface area contributed by atoms with Crippen LogP contribution in [0, 0.1) is 0 Å². The second-order valence-electron chi connectivity index (χ2n) is 8.49. The van der Waals surface area contributed by atoms with E-state index in [2.05, 4.69) is 133 Å². The molecule has 0 nitrogen and oxygen atoms in total. The smallest absolute Gasteiger partial charge is 1.00 e. The molecule has 34 heavy (non-hydrogen) atoms. The van der Waals surface area contributed by atoms with Gasteiger partial charge < -0.3 is 24.8 Å². The van der Waals surface area contributed by atoms with E-state index < -0.39 is 21.3 Å². The van der Waals surface area contributed by atoms with Gasteiger partial charge in [-0.15, -0.1) is 0 Å². The molecule has 0 heterocycles. The zero-order valence-electron chi connectivity index (χ0n) is 18.6. The van der Waals surface area contributed by atoms with E-state index >= 15 is 0 Å². The number of fused-ring (bicyclic) bond motifs is 2. The topological polar surface area (TPSA) is 0 Å². The first kappa shape index (κ1) is 24.8. The Labute approximate surface area is 222 Å². The summed E-state index contributed by atoms with van der Waals surface area (Å²) in [5.74, 6) is 0. The summed E-state index contributed by atoms with van der Waals surface area (Å²) in [7, 11) is 0. The summed E-state index contributed by atoms with van der Waals surface area (Å²) in [6, 6.07) is 40.3. The van der Waals surface area contributed by atoms with E-state index in [1.165, 1.54) is 33.4 Å². The van der Waals surface area contributed by atoms with Crippen LogP contribution >= 0.6 is 0 Å². The van der Waals surface area contributed by atoms with E-state index in [1.54, 1.807) is 3.21 Å². The molecule has 0 amide bonds. The van der Waals surface area contributed by atoms with Crippen molar-refractivity contribution in [3.8, 4) is 0 Å². The normalized spacial score (nSPS) is 16.4. The van der Waals surface area contributed by atoms with Crippen molar-refractivity contribution in [2.24, 2.45) is 0 Å². The predicted octanol–water partition coefficient (Wildman–Crippen LogP) is 1.42. The number of hydrogen-bond donors (Lipinski definition) is 0. The standard InChI is InChI=1S/C13H10.2C9H7.2ClH.Zr/c1-3-7-12(8-4-1)11-13-9-5-2-6-10-13;2*1-2-5-9-7-3-6-8(9)4-1;;;/h1-10H;2*1-7H;2*1H;/q;;;;;+2/p-2. The van der Waals surface area contributed by atoms with Crippen LogP contribution in [0.1, 0.15) is 40.6 Å². The van der Waals surface area contributed by atoms with Gasteiger partial charge in [-0.1, -0.05) is 0 Å². The van der Waals surface area contributed by atoms with E-state index in [0.29, 0.717) is 7.25 Å². The number of halogens is 2. The summed E-state index contributed by atoms with van der Waals surface area (Å²) in [6.07, 6.45) is 9.75. The molecule has 0 spiro atoms. The average Bonchev–Trinajstić information content (AvgIpc) is 3.48. The quantitative estimate of drug-likeness (QED) is 0.356. The number of rotatable bonds is 4. The summed E-state index contributed by atoms with van der Waals surface area (Å²) in [5, 5.41) is 0. The molecule has 0 radical (unpaired) electrons. The summed E-state index contributed by atoms with van der Waals surface area (Å²) >= 11 is -2.44. The first-order valence-corrected chi connectivity index (χ1v) is 15.4. The summed E-state index contributed by atoms with van der Waals surface area (Å²) in [6.45, 7) is 0. The van der Waals surface area contributed by atoms with E-state index in [0.717, 1.165) is 0 Å². The van der Waals surface area contributed by atoms with Crippen molar-refractivity contribution < 1.29 is 46.1 Å². The number of benzene rings is 4. The number of hydrogen-bond acceptors (Lipinski definition) is 0. The van der Waals surface area contributed by atoms with Gasteiger partial charge in [0.1, 0.15) is 0 Å². The van der Waals surface area contributed by atoms with Gasteiger partial charge in [-0.3, -0.25) is 0 Å². The fourth-order valence-corrected chi connectivity index (χ4v) is 14.6. The van der Waals surface area contributed by atoms with Gasteiger partial charge >= 0.3 is 199 Å². The molecule has 0 N–H and O–H groups in total. The van der Waals surface area contributed by atoms with Gasteiger partial charge in [-0.2, -0.15) is 0 Å². The van der Waals surface area contributed by atoms with E-state index in [4.69, 9.17) is 0 Å². The van der Waals surface area contributed by atoms with Crippen LogP contribution in [0.15, 0.2) is 121 Å². The molecule has 2 unspecified atom stereocenters. The Morgan fingerprint density at radius 2 is 0.853 bits per heavy atom. The third-order valence-corrected chi connectivity index (χ3v) is 15.3. The van der Waals surface area contributed by atoms with Crippen LogP contribution in [0.4, 0.5) is 0 Å². The molecule has 0 aromatic heterocycles. The average molecular weight is 559 g/mol. The molecule has 0 aliphatic heterocycles. The third kappa shape index (κ3) is 4.50. The molecular weight excluding hydrogens is 534 g/mol. The molecule has 2 atom stereocenters. The maximum absolute atomic E-state index is 2.51. The SMILES string of the molecule is C1=C[CH]([Zr+2](=[C](c2ccccc2)c2ccccc2)[CH]2C=Cc3ccccc32)c2ccccc21.[Cl-].[Cl-]. The van der Waals surface area contributed by atoms with Crippen LogP contribution in [-0.4, -0.2) is 3.21 Å². The van der Waals surface area contributed by atoms with Gasteiger partial charge in [-0.25, -0.2) is 0 Å². The first-order chi connectivity index (χ1) is 15.9. The Balaban J connectivity index is 0.00000137. The van der Waals surface area contributed by atoms with Crippen molar-refractivity contribution in [1.82, 2.24) is 0 Å². The van der Waals surface area contributed by atoms with Crippen LogP contribution < -0.4 is 24.8 Å². The van der Waals surface area contributed by atoms with Gasteiger partial charge in [0.05, 0.1) is 0 Å². The molecule has 166 valence electrons. The second-order valence-corrected chi connectivity index (χ2v) is 15.0. The molecule has 2 aliphatic carbocycles. The fraction of sp³-hybridized carbons (Fsp3) is 0.0645. The van der Waals surface area contributed by atoms with E-state index in [-0.39, 0.29) is 24.8 Å². The van der Waals surface area contributed by atoms with Gasteiger partial charge in [0.15, 0.2) is 0 Å². The van der Waals surface area contributed by atoms with Crippen LogP contribution in [0.2, 0.25) is 0 Å². The van der Waals surface area contributed by atoms with Crippen molar-refractivity contribution in [1.29, 1.82) is 0 Å². The van der Waals surface area contributed by atoms with Gasteiger partial charge in [0, 0.05) is 0 Å². The Hall–Kier alpha value is -2.31. The Bertz CT molecular complexity index is 1270. The van der Waals surface area contributed by atoms with Crippen molar-refractivity contribution in [3.63, 3.8) is 0 Å². The molecule has 4 aromatic carbocycles. The zero-order chi connectivity index (χ0) is 21.3. The van der Waals surface area contributed by atoms with Gasteiger partial charge in [-0.05, 0) is 0 Å². The molecule has 6 rings (SSSR count). The first-order valence-electron chi connectivity index (χ1n) is 11.3. The second kappa shape index (κ2) is 11.0. The van der Waals surface area contributed by atoms with Crippen molar-refractivity contribution >= 4 is 15.4 Å². The van der Waals surface area contributed by atoms with Crippen LogP contribution in [0.5, 0.6) is 0 Å². The summed E-state index contributed by atoms with van der Waals surface area (Å²) in [5.41, 5.74) is 8.61. The Morgan fingerprint density at radius 3 is 1.29 bits per heavy atom. The molecule has 2 aliphatic rings. The predicted molar refractivity (Wildman–Crippen MR) is 133 cm³/mol. The molecule has 3 heteroatoms. The zero-order valence-corrected chi connectivity index (χ0v) is 22.6. The maximum Gasteiger partial charge on any atom is -1.00 e. The fourth-order valence-electron chi connectivity index (χ4n) is 5.26. The van der Waals surface area contributed by atoms with Crippen LogP contribution in [0.25, 0.3) is 12.2 Å². The molecule has 0 saturated heterocycles. The number of allylic oxidation sites excluding steroid dienone is 2. The molecule has 0 fully saturated rings. The monoisotopic (exact) mass is 556 g/mol. The molecule has 0 saturated carbocycles. The van der Waals surface area contributed by atoms with Crippen molar-refractivity contribution in [2.75, 3.05) is 0 Å². The minimum absolute atomic E-state index is 0. The minimum Gasteiger partial charge on any atom is -1.00 e. The van der Waals surface area contributed by atoms with Crippen LogP contribution in [0.3, 0.4) is 0 Å². The molecule has 4 aromatic rings. The largest absolute Gasteiger partial charge is 1.00 e. The molecular formula is C31H24Cl2Zr. The Morgan fingerprint density at radius 1 is 0.471 bits per heavy atom. The van der Waals surface area contributed by atoms with Crippen molar-refractivity contribution in [3.05, 3.63) is 155 Å². The van der Waals surface area contributed by atoms with E-state index in [9.17, 15) is 0 Å². The minimum atomic E-state index is -2.44. The summed E-state index contributed by atoms with van der Waals surface area (Å²) < 4.78 is 2.65.